The van der Waals surface area contributed by atoms with E-state index in [0.29, 0.717) is 5.92 Å². The highest BCUT2D eigenvalue weighted by Gasteiger charge is 2.40. The van der Waals surface area contributed by atoms with Gasteiger partial charge in [-0.05, 0) is 37.5 Å². The number of carboxylic acids is 1. The molecular weight excluding hydrogens is 248 g/mol. The highest BCUT2D eigenvalue weighted by Crippen LogP contribution is 2.44. The van der Waals surface area contributed by atoms with E-state index < -0.39 is 17.9 Å². The van der Waals surface area contributed by atoms with Crippen LogP contribution in [0.3, 0.4) is 0 Å². The largest absolute Gasteiger partial charge is 0.481 e. The molecule has 0 spiro atoms. The van der Waals surface area contributed by atoms with Crippen molar-refractivity contribution in [1.82, 2.24) is 10.6 Å². The maximum Gasteiger partial charge on any atom is 0.321 e. The Kier molecular flexibility index (Phi) is 4.39. The lowest BCUT2D eigenvalue weighted by Gasteiger charge is -2.22. The number of amides is 3. The van der Waals surface area contributed by atoms with Crippen LogP contribution >= 0.6 is 0 Å². The number of rotatable bonds is 5. The Bertz CT molecular complexity index is 383. The third-order valence-corrected chi connectivity index (χ3v) is 4.10. The van der Waals surface area contributed by atoms with E-state index in [1.54, 1.807) is 0 Å². The quantitative estimate of drug-likeness (QED) is 0.699. The molecular formula is C13H20N2O4. The van der Waals surface area contributed by atoms with Crippen molar-refractivity contribution in [3.8, 4) is 0 Å². The first-order valence-corrected chi connectivity index (χ1v) is 6.86. The molecule has 0 aromatic rings. The van der Waals surface area contributed by atoms with Gasteiger partial charge in [-0.15, -0.1) is 0 Å². The van der Waals surface area contributed by atoms with Crippen molar-refractivity contribution < 1.29 is 19.5 Å². The van der Waals surface area contributed by atoms with Gasteiger partial charge >= 0.3 is 12.0 Å². The smallest absolute Gasteiger partial charge is 0.321 e. The van der Waals surface area contributed by atoms with E-state index in [1.165, 1.54) is 19.3 Å². The Balaban J connectivity index is 1.64. The van der Waals surface area contributed by atoms with Crippen LogP contribution in [0, 0.1) is 11.8 Å². The molecule has 3 unspecified atom stereocenters. The third kappa shape index (κ3) is 3.94. The summed E-state index contributed by atoms with van der Waals surface area (Å²) in [6, 6.07) is -0.247. The summed E-state index contributed by atoms with van der Waals surface area (Å²) in [6.07, 6.45) is 4.91. The van der Waals surface area contributed by atoms with Crippen molar-refractivity contribution >= 4 is 17.9 Å². The highest BCUT2D eigenvalue weighted by atomic mass is 16.4. The van der Waals surface area contributed by atoms with Crippen molar-refractivity contribution in [3.63, 3.8) is 0 Å². The average Bonchev–Trinajstić information content (AvgIpc) is 2.89. The van der Waals surface area contributed by atoms with Gasteiger partial charge in [-0.3, -0.25) is 14.9 Å². The second-order valence-corrected chi connectivity index (χ2v) is 5.55. The zero-order valence-corrected chi connectivity index (χ0v) is 10.9. The molecule has 2 aliphatic rings. The van der Waals surface area contributed by atoms with Crippen LogP contribution < -0.4 is 10.6 Å². The Morgan fingerprint density at radius 2 is 1.89 bits per heavy atom. The number of urea groups is 1. The zero-order valence-electron chi connectivity index (χ0n) is 10.9. The molecule has 19 heavy (non-hydrogen) atoms. The Labute approximate surface area is 111 Å². The fraction of sp³-hybridized carbons (Fsp3) is 0.769. The summed E-state index contributed by atoms with van der Waals surface area (Å²) < 4.78 is 0. The first-order chi connectivity index (χ1) is 9.04. The minimum absolute atomic E-state index is 0.0541. The number of hydrogen-bond donors (Lipinski definition) is 3. The molecule has 6 nitrogen and oxygen atoms in total. The van der Waals surface area contributed by atoms with E-state index in [0.717, 1.165) is 12.3 Å². The van der Waals surface area contributed by atoms with Gasteiger partial charge in [-0.2, -0.15) is 0 Å². The lowest BCUT2D eigenvalue weighted by atomic mass is 9.95. The number of hydrogen-bond acceptors (Lipinski definition) is 3. The summed E-state index contributed by atoms with van der Waals surface area (Å²) in [5, 5.41) is 13.6. The highest BCUT2D eigenvalue weighted by molar-refractivity contribution is 5.94. The molecule has 3 atom stereocenters. The maximum atomic E-state index is 11.6. The van der Waals surface area contributed by atoms with Crippen molar-refractivity contribution in [2.45, 2.75) is 51.0 Å². The predicted octanol–water partition coefficient (Wildman–Crippen LogP) is 1.26. The van der Waals surface area contributed by atoms with E-state index in [9.17, 15) is 14.4 Å². The first-order valence-electron chi connectivity index (χ1n) is 6.86. The van der Waals surface area contributed by atoms with Gasteiger partial charge in [0.05, 0.1) is 0 Å². The molecule has 2 aliphatic carbocycles. The van der Waals surface area contributed by atoms with Crippen molar-refractivity contribution in [3.05, 3.63) is 0 Å². The van der Waals surface area contributed by atoms with Crippen molar-refractivity contribution in [2.24, 2.45) is 11.8 Å². The number of carbonyl (C=O) groups excluding carboxylic acids is 2. The molecule has 0 aliphatic heterocycles. The number of carboxylic acid groups (broad SMARTS) is 1. The Morgan fingerprint density at radius 1 is 1.11 bits per heavy atom. The van der Waals surface area contributed by atoms with Crippen LogP contribution in [0.25, 0.3) is 0 Å². The van der Waals surface area contributed by atoms with Crippen LogP contribution in [0.4, 0.5) is 4.79 Å². The van der Waals surface area contributed by atoms with Gasteiger partial charge in [-0.1, -0.05) is 6.42 Å². The van der Waals surface area contributed by atoms with Crippen molar-refractivity contribution in [1.29, 1.82) is 0 Å². The summed E-state index contributed by atoms with van der Waals surface area (Å²) in [4.78, 5) is 33.3. The second kappa shape index (κ2) is 6.04. The fourth-order valence-electron chi connectivity index (χ4n) is 3.22. The summed E-state index contributed by atoms with van der Waals surface area (Å²) in [7, 11) is 0. The van der Waals surface area contributed by atoms with Gasteiger partial charge in [0.1, 0.15) is 0 Å². The van der Waals surface area contributed by atoms with E-state index in [-0.39, 0.29) is 25.3 Å². The average molecular weight is 268 g/mol. The summed E-state index contributed by atoms with van der Waals surface area (Å²) in [5.41, 5.74) is 0. The lowest BCUT2D eigenvalue weighted by Crippen LogP contribution is -2.46. The normalized spacial score (nSPS) is 28.1. The predicted molar refractivity (Wildman–Crippen MR) is 67.4 cm³/mol. The Morgan fingerprint density at radius 3 is 2.47 bits per heavy atom. The van der Waals surface area contributed by atoms with E-state index in [4.69, 9.17) is 5.11 Å². The molecule has 3 N–H and O–H groups in total. The van der Waals surface area contributed by atoms with Crippen LogP contribution in [-0.4, -0.2) is 29.1 Å². The third-order valence-electron chi connectivity index (χ3n) is 4.10. The number of imide groups is 1. The van der Waals surface area contributed by atoms with Crippen LogP contribution in [0.1, 0.15) is 44.9 Å². The molecule has 2 rings (SSSR count). The molecule has 3 amide bonds. The maximum absolute atomic E-state index is 11.6. The van der Waals surface area contributed by atoms with Gasteiger partial charge < -0.3 is 10.4 Å². The molecule has 2 saturated carbocycles. The molecule has 106 valence electrons. The summed E-state index contributed by atoms with van der Waals surface area (Å²) in [5.74, 6) is -0.0411. The SMILES string of the molecule is O=C(O)CCCC(=O)NC(=O)NC1CC2CCC1C2. The molecule has 0 heterocycles. The molecule has 0 aromatic heterocycles. The molecule has 6 heteroatoms. The van der Waals surface area contributed by atoms with Gasteiger partial charge in [0.25, 0.3) is 0 Å². The molecule has 2 bridgehead atoms. The van der Waals surface area contributed by atoms with E-state index in [1.807, 2.05) is 0 Å². The van der Waals surface area contributed by atoms with Gasteiger partial charge in [0.15, 0.2) is 0 Å². The van der Waals surface area contributed by atoms with E-state index >= 15 is 0 Å². The topological polar surface area (TPSA) is 95.5 Å². The number of nitrogens with one attached hydrogen (secondary N) is 2. The van der Waals surface area contributed by atoms with Gasteiger partial charge in [-0.25, -0.2) is 4.79 Å². The number of aliphatic carboxylic acids is 1. The molecule has 0 aromatic carbocycles. The summed E-state index contributed by atoms with van der Waals surface area (Å²) >= 11 is 0. The number of carbonyl (C=O) groups is 3. The number of fused-ring (bicyclic) bond motifs is 2. The van der Waals surface area contributed by atoms with Crippen LogP contribution in [0.15, 0.2) is 0 Å². The second-order valence-electron chi connectivity index (χ2n) is 5.55. The molecule has 0 saturated heterocycles. The summed E-state index contributed by atoms with van der Waals surface area (Å²) in [6.45, 7) is 0. The molecule has 2 fully saturated rings. The fourth-order valence-corrected chi connectivity index (χ4v) is 3.22. The minimum Gasteiger partial charge on any atom is -0.481 e. The lowest BCUT2D eigenvalue weighted by molar-refractivity contribution is -0.137. The van der Waals surface area contributed by atoms with Crippen LogP contribution in [0.2, 0.25) is 0 Å². The zero-order chi connectivity index (χ0) is 13.8. The van der Waals surface area contributed by atoms with Crippen LogP contribution in [-0.2, 0) is 9.59 Å². The van der Waals surface area contributed by atoms with Gasteiger partial charge in [0, 0.05) is 18.9 Å². The standard InChI is InChI=1S/C13H20N2O4/c16-11(2-1-3-12(17)18)15-13(19)14-10-7-8-4-5-9(10)6-8/h8-10H,1-7H2,(H,17,18)(H2,14,15,16,19). The van der Waals surface area contributed by atoms with E-state index in [2.05, 4.69) is 10.6 Å². The monoisotopic (exact) mass is 268 g/mol. The van der Waals surface area contributed by atoms with Crippen molar-refractivity contribution in [2.75, 3.05) is 0 Å². The minimum atomic E-state index is -0.931. The van der Waals surface area contributed by atoms with Crippen LogP contribution in [0.5, 0.6) is 0 Å². The first kappa shape index (κ1) is 13.8. The Hall–Kier alpha value is -1.59. The van der Waals surface area contributed by atoms with Gasteiger partial charge in [0.2, 0.25) is 5.91 Å². The molecule has 0 radical (unpaired) electrons.